The predicted octanol–water partition coefficient (Wildman–Crippen LogP) is 3.93. The first kappa shape index (κ1) is 21.3. The molecule has 8 nitrogen and oxygen atoms in total. The lowest BCUT2D eigenvalue weighted by molar-refractivity contribution is 0.257. The number of aryl methyl sites for hydroxylation is 1. The van der Waals surface area contributed by atoms with Gasteiger partial charge in [-0.05, 0) is 68.9 Å². The summed E-state index contributed by atoms with van der Waals surface area (Å²) in [4.78, 5) is 10.6. The van der Waals surface area contributed by atoms with Crippen molar-refractivity contribution in [3.8, 4) is 28.4 Å². The first-order valence-electron chi connectivity index (χ1n) is 11.1. The van der Waals surface area contributed by atoms with Crippen LogP contribution in [-0.2, 0) is 6.42 Å². The Hall–Kier alpha value is -3.52. The zero-order valence-corrected chi connectivity index (χ0v) is 19.4. The molecule has 0 saturated heterocycles. The summed E-state index contributed by atoms with van der Waals surface area (Å²) in [6.45, 7) is 3.99. The normalized spacial score (nSPS) is 15.5. The quantitative estimate of drug-likeness (QED) is 0.446. The van der Waals surface area contributed by atoms with E-state index in [0.717, 1.165) is 69.5 Å². The largest absolute Gasteiger partial charge is 0.497 e. The van der Waals surface area contributed by atoms with Gasteiger partial charge in [0.1, 0.15) is 35.2 Å². The molecule has 33 heavy (non-hydrogen) atoms. The van der Waals surface area contributed by atoms with Gasteiger partial charge in [0.15, 0.2) is 0 Å². The monoisotopic (exact) mass is 447 g/mol. The number of methoxy groups -OCH3 is 1. The van der Waals surface area contributed by atoms with E-state index in [-0.39, 0.29) is 5.92 Å². The molecule has 1 unspecified atom stereocenters. The number of likely N-dealkylation sites (N-methyl/N-ethyl adjacent to an activating group) is 1. The molecule has 2 aromatic carbocycles. The lowest BCUT2D eigenvalue weighted by Gasteiger charge is -2.24. The van der Waals surface area contributed by atoms with Crippen molar-refractivity contribution in [2.24, 2.45) is 0 Å². The number of H-pyrrole nitrogens is 2. The number of aromatic amines is 2. The van der Waals surface area contributed by atoms with Crippen LogP contribution in [0.1, 0.15) is 23.0 Å². The van der Waals surface area contributed by atoms with E-state index in [9.17, 15) is 0 Å². The Morgan fingerprint density at radius 2 is 2.09 bits per heavy atom. The number of ether oxygens (including phenoxy) is 3. The van der Waals surface area contributed by atoms with Gasteiger partial charge in [-0.2, -0.15) is 5.10 Å². The molecule has 8 heteroatoms. The molecule has 0 fully saturated rings. The highest BCUT2D eigenvalue weighted by Crippen LogP contribution is 2.37. The summed E-state index contributed by atoms with van der Waals surface area (Å²) >= 11 is 0. The third kappa shape index (κ3) is 4.26. The zero-order chi connectivity index (χ0) is 22.9. The topological polar surface area (TPSA) is 88.3 Å². The molecule has 1 aliphatic rings. The van der Waals surface area contributed by atoms with Crippen LogP contribution >= 0.6 is 0 Å². The fourth-order valence-corrected chi connectivity index (χ4v) is 4.22. The lowest BCUT2D eigenvalue weighted by atomic mass is 9.96. The molecule has 0 saturated carbocycles. The average molecular weight is 448 g/mol. The van der Waals surface area contributed by atoms with Gasteiger partial charge in [-0.3, -0.25) is 5.10 Å². The van der Waals surface area contributed by atoms with Gasteiger partial charge in [0.25, 0.3) is 0 Å². The van der Waals surface area contributed by atoms with Crippen molar-refractivity contribution in [2.45, 2.75) is 19.3 Å². The molecule has 0 amide bonds. The predicted molar refractivity (Wildman–Crippen MR) is 127 cm³/mol. The van der Waals surface area contributed by atoms with E-state index in [2.05, 4.69) is 32.2 Å². The fraction of sp³-hybridized carbons (Fsp3) is 0.360. The molecule has 0 radical (unpaired) electrons. The molecular formula is C25H29N5O3. The Balaban J connectivity index is 1.51. The summed E-state index contributed by atoms with van der Waals surface area (Å²) in [5.41, 5.74) is 6.01. The first-order valence-corrected chi connectivity index (χ1v) is 11.1. The van der Waals surface area contributed by atoms with E-state index in [4.69, 9.17) is 19.2 Å². The molecule has 0 spiro atoms. The summed E-state index contributed by atoms with van der Waals surface area (Å²) in [5.74, 6) is 3.53. The standard InChI is InChI=1S/C25H29N5O3/c1-15-20(13-26-29-15)16-11-21-24(23(12-16)32-8-7-30(2)3)28-25(27-21)18-9-17-10-19(31-4)5-6-22(17)33-14-18/h5-6,10-13,18H,7-9,14H2,1-4H3,(H,26,29)(H,27,28). The number of fused-ring (bicyclic) bond motifs is 2. The van der Waals surface area contributed by atoms with Crippen molar-refractivity contribution in [3.63, 3.8) is 0 Å². The SMILES string of the molecule is COc1ccc2c(c1)CC(c1nc3c(OCCN(C)C)cc(-c4cn[nH]c4C)cc3[nH]1)CO2. The smallest absolute Gasteiger partial charge is 0.147 e. The third-order valence-electron chi connectivity index (χ3n) is 6.07. The second-order valence-corrected chi connectivity index (χ2v) is 8.74. The van der Waals surface area contributed by atoms with E-state index in [1.807, 2.05) is 45.4 Å². The minimum atomic E-state index is 0.116. The highest BCUT2D eigenvalue weighted by Gasteiger charge is 2.25. The highest BCUT2D eigenvalue weighted by molar-refractivity contribution is 5.88. The van der Waals surface area contributed by atoms with Crippen LogP contribution < -0.4 is 14.2 Å². The molecular weight excluding hydrogens is 418 g/mol. The Labute approximate surface area is 192 Å². The number of hydrogen-bond acceptors (Lipinski definition) is 6. The third-order valence-corrected chi connectivity index (χ3v) is 6.07. The molecule has 2 aromatic heterocycles. The van der Waals surface area contributed by atoms with E-state index in [1.54, 1.807) is 7.11 Å². The Bertz CT molecular complexity index is 1280. The Kier molecular flexibility index (Phi) is 5.68. The number of rotatable bonds is 7. The maximum absolute atomic E-state index is 6.19. The van der Waals surface area contributed by atoms with Crippen molar-refractivity contribution < 1.29 is 14.2 Å². The molecule has 5 rings (SSSR count). The molecule has 1 aliphatic heterocycles. The van der Waals surface area contributed by atoms with E-state index < -0.39 is 0 Å². The van der Waals surface area contributed by atoms with Gasteiger partial charge in [-0.1, -0.05) is 0 Å². The van der Waals surface area contributed by atoms with Gasteiger partial charge < -0.3 is 24.1 Å². The summed E-state index contributed by atoms with van der Waals surface area (Å²) in [6, 6.07) is 10.1. The van der Waals surface area contributed by atoms with Crippen molar-refractivity contribution in [1.29, 1.82) is 0 Å². The van der Waals surface area contributed by atoms with Crippen LogP contribution in [0.3, 0.4) is 0 Å². The summed E-state index contributed by atoms with van der Waals surface area (Å²) in [7, 11) is 5.75. The van der Waals surface area contributed by atoms with E-state index in [0.29, 0.717) is 13.2 Å². The minimum Gasteiger partial charge on any atom is -0.497 e. The van der Waals surface area contributed by atoms with Crippen molar-refractivity contribution in [1.82, 2.24) is 25.1 Å². The van der Waals surface area contributed by atoms with Crippen LogP contribution in [0.15, 0.2) is 36.5 Å². The van der Waals surface area contributed by atoms with Crippen LogP contribution in [0, 0.1) is 6.92 Å². The summed E-state index contributed by atoms with van der Waals surface area (Å²) < 4.78 is 17.6. The van der Waals surface area contributed by atoms with Crippen LogP contribution in [0.4, 0.5) is 0 Å². The maximum atomic E-state index is 6.19. The van der Waals surface area contributed by atoms with Gasteiger partial charge >= 0.3 is 0 Å². The van der Waals surface area contributed by atoms with Gasteiger partial charge in [0.2, 0.25) is 0 Å². The second kappa shape index (κ2) is 8.78. The van der Waals surface area contributed by atoms with Gasteiger partial charge in [0.05, 0.1) is 31.3 Å². The molecule has 3 heterocycles. The molecule has 4 aromatic rings. The summed E-state index contributed by atoms with van der Waals surface area (Å²) in [6.07, 6.45) is 2.67. The summed E-state index contributed by atoms with van der Waals surface area (Å²) in [5, 5.41) is 7.20. The second-order valence-electron chi connectivity index (χ2n) is 8.74. The maximum Gasteiger partial charge on any atom is 0.147 e. The van der Waals surface area contributed by atoms with E-state index >= 15 is 0 Å². The van der Waals surface area contributed by atoms with Gasteiger partial charge in [-0.15, -0.1) is 0 Å². The molecule has 1 atom stereocenters. The number of benzene rings is 2. The lowest BCUT2D eigenvalue weighted by Crippen LogP contribution is -2.20. The Morgan fingerprint density at radius 1 is 1.21 bits per heavy atom. The highest BCUT2D eigenvalue weighted by atomic mass is 16.5. The van der Waals surface area contributed by atoms with Crippen LogP contribution in [0.5, 0.6) is 17.2 Å². The van der Waals surface area contributed by atoms with Crippen molar-refractivity contribution >= 4 is 11.0 Å². The number of nitrogens with zero attached hydrogens (tertiary/aromatic N) is 3. The van der Waals surface area contributed by atoms with Crippen molar-refractivity contribution in [2.75, 3.05) is 41.0 Å². The average Bonchev–Trinajstić information content (AvgIpc) is 3.44. The minimum absolute atomic E-state index is 0.116. The number of aromatic nitrogens is 4. The van der Waals surface area contributed by atoms with Crippen LogP contribution in [0.2, 0.25) is 0 Å². The van der Waals surface area contributed by atoms with Crippen LogP contribution in [-0.4, -0.2) is 66.0 Å². The molecule has 0 bridgehead atoms. The number of imidazole rings is 1. The first-order chi connectivity index (χ1) is 16.0. The van der Waals surface area contributed by atoms with Gasteiger partial charge in [0, 0.05) is 17.8 Å². The Morgan fingerprint density at radius 3 is 2.85 bits per heavy atom. The number of hydrogen-bond donors (Lipinski definition) is 2. The molecule has 172 valence electrons. The number of nitrogens with one attached hydrogen (secondary N) is 2. The molecule has 2 N–H and O–H groups in total. The zero-order valence-electron chi connectivity index (χ0n) is 19.4. The van der Waals surface area contributed by atoms with Crippen molar-refractivity contribution in [3.05, 3.63) is 53.6 Å². The fourth-order valence-electron chi connectivity index (χ4n) is 4.22. The van der Waals surface area contributed by atoms with Crippen LogP contribution in [0.25, 0.3) is 22.2 Å². The molecule has 0 aliphatic carbocycles. The van der Waals surface area contributed by atoms with E-state index in [1.165, 1.54) is 0 Å². The van der Waals surface area contributed by atoms with Gasteiger partial charge in [-0.25, -0.2) is 4.98 Å².